The van der Waals surface area contributed by atoms with E-state index in [9.17, 15) is 14.9 Å². The summed E-state index contributed by atoms with van der Waals surface area (Å²) in [5.41, 5.74) is -0.0481. The van der Waals surface area contributed by atoms with E-state index in [1.807, 2.05) is 4.90 Å². The monoisotopic (exact) mass is 322 g/mol. The van der Waals surface area contributed by atoms with Crippen LogP contribution in [0.5, 0.6) is 5.75 Å². The summed E-state index contributed by atoms with van der Waals surface area (Å²) in [7, 11) is 0. The number of carbonyl (C=O) groups excluding carboxylic acids is 1. The Labute approximate surface area is 135 Å². The first-order valence-corrected chi connectivity index (χ1v) is 7.90. The van der Waals surface area contributed by atoms with Crippen LogP contribution in [0.1, 0.15) is 26.2 Å². The number of ether oxygens (including phenoxy) is 2. The van der Waals surface area contributed by atoms with Gasteiger partial charge in [-0.05, 0) is 32.4 Å². The number of nitro groups is 1. The minimum absolute atomic E-state index is 0.0481. The Bertz CT molecular complexity index is 549. The van der Waals surface area contributed by atoms with Gasteiger partial charge in [-0.15, -0.1) is 0 Å². The van der Waals surface area contributed by atoms with Crippen LogP contribution in [0.25, 0.3) is 0 Å². The molecule has 1 fully saturated rings. The van der Waals surface area contributed by atoms with E-state index in [-0.39, 0.29) is 23.4 Å². The molecule has 23 heavy (non-hydrogen) atoms. The Morgan fingerprint density at radius 2 is 2.17 bits per heavy atom. The summed E-state index contributed by atoms with van der Waals surface area (Å²) >= 11 is 0. The van der Waals surface area contributed by atoms with Gasteiger partial charge in [-0.1, -0.05) is 18.6 Å². The average Bonchev–Trinajstić information content (AvgIpc) is 2.56. The summed E-state index contributed by atoms with van der Waals surface area (Å²) < 4.78 is 10.7. The summed E-state index contributed by atoms with van der Waals surface area (Å²) in [5, 5.41) is 11.0. The van der Waals surface area contributed by atoms with E-state index in [2.05, 4.69) is 0 Å². The number of likely N-dealkylation sites (tertiary alicyclic amines) is 1. The van der Waals surface area contributed by atoms with E-state index in [0.29, 0.717) is 19.8 Å². The summed E-state index contributed by atoms with van der Waals surface area (Å²) in [5.74, 6) is 0.0556. The maximum atomic E-state index is 12.0. The molecule has 1 aliphatic rings. The van der Waals surface area contributed by atoms with Gasteiger partial charge in [0.2, 0.25) is 0 Å². The van der Waals surface area contributed by atoms with Gasteiger partial charge >= 0.3 is 11.7 Å². The van der Waals surface area contributed by atoms with Crippen molar-refractivity contribution in [3.05, 3.63) is 34.4 Å². The fraction of sp³-hybridized carbons (Fsp3) is 0.562. The van der Waals surface area contributed by atoms with Crippen molar-refractivity contribution in [2.45, 2.75) is 32.2 Å². The van der Waals surface area contributed by atoms with Crippen molar-refractivity contribution in [1.29, 1.82) is 0 Å². The summed E-state index contributed by atoms with van der Waals surface area (Å²) in [6.45, 7) is 3.80. The van der Waals surface area contributed by atoms with Crippen LogP contribution in [0, 0.1) is 10.1 Å². The van der Waals surface area contributed by atoms with Crippen molar-refractivity contribution in [2.75, 3.05) is 26.3 Å². The Kier molecular flexibility index (Phi) is 6.34. The third-order valence-electron chi connectivity index (χ3n) is 3.87. The Morgan fingerprint density at radius 3 is 2.91 bits per heavy atom. The normalized spacial score (nSPS) is 18.4. The van der Waals surface area contributed by atoms with Crippen LogP contribution in [-0.2, 0) is 9.53 Å². The number of benzene rings is 1. The minimum atomic E-state index is -0.461. The van der Waals surface area contributed by atoms with Crippen molar-refractivity contribution < 1.29 is 19.2 Å². The number of para-hydroxylation sites is 2. The number of nitro benzene ring substituents is 1. The van der Waals surface area contributed by atoms with Gasteiger partial charge in [-0.2, -0.15) is 0 Å². The topological polar surface area (TPSA) is 81.9 Å². The summed E-state index contributed by atoms with van der Waals surface area (Å²) in [4.78, 5) is 24.5. The Hall–Kier alpha value is -2.15. The maximum Gasteiger partial charge on any atom is 0.323 e. The molecular weight excluding hydrogens is 300 g/mol. The first-order valence-electron chi connectivity index (χ1n) is 7.90. The van der Waals surface area contributed by atoms with Gasteiger partial charge in [-0.3, -0.25) is 19.8 Å². The van der Waals surface area contributed by atoms with Crippen LogP contribution in [0.15, 0.2) is 24.3 Å². The molecule has 0 amide bonds. The number of piperidine rings is 1. The highest BCUT2D eigenvalue weighted by Crippen LogP contribution is 2.26. The number of hydrogen-bond acceptors (Lipinski definition) is 6. The lowest BCUT2D eigenvalue weighted by atomic mass is 10.0. The van der Waals surface area contributed by atoms with E-state index < -0.39 is 4.92 Å². The number of esters is 1. The second-order valence-electron chi connectivity index (χ2n) is 5.37. The van der Waals surface area contributed by atoms with Crippen LogP contribution in [0.2, 0.25) is 0 Å². The molecule has 1 saturated heterocycles. The molecule has 7 heteroatoms. The van der Waals surface area contributed by atoms with Gasteiger partial charge in [0.1, 0.15) is 12.6 Å². The van der Waals surface area contributed by atoms with Crippen molar-refractivity contribution in [1.82, 2.24) is 4.90 Å². The Morgan fingerprint density at radius 1 is 1.39 bits per heavy atom. The van der Waals surface area contributed by atoms with Gasteiger partial charge in [0.05, 0.1) is 11.5 Å². The van der Waals surface area contributed by atoms with Crippen LogP contribution >= 0.6 is 0 Å². The van der Waals surface area contributed by atoms with Gasteiger partial charge < -0.3 is 9.47 Å². The lowest BCUT2D eigenvalue weighted by Gasteiger charge is -2.33. The zero-order valence-electron chi connectivity index (χ0n) is 13.3. The molecule has 0 radical (unpaired) electrons. The number of nitrogens with zero attached hydrogens (tertiary/aromatic N) is 2. The van der Waals surface area contributed by atoms with Crippen LogP contribution in [-0.4, -0.2) is 48.1 Å². The third kappa shape index (κ3) is 4.66. The van der Waals surface area contributed by atoms with Crippen molar-refractivity contribution in [3.63, 3.8) is 0 Å². The maximum absolute atomic E-state index is 12.0. The van der Waals surface area contributed by atoms with E-state index in [4.69, 9.17) is 9.47 Å². The molecule has 0 saturated carbocycles. The van der Waals surface area contributed by atoms with Crippen molar-refractivity contribution in [2.24, 2.45) is 0 Å². The molecule has 1 aliphatic heterocycles. The Balaban J connectivity index is 1.91. The average molecular weight is 322 g/mol. The number of carbonyl (C=O) groups is 1. The molecule has 1 atom stereocenters. The third-order valence-corrected chi connectivity index (χ3v) is 3.87. The van der Waals surface area contributed by atoms with E-state index in [1.54, 1.807) is 25.1 Å². The van der Waals surface area contributed by atoms with E-state index in [0.717, 1.165) is 25.8 Å². The highest BCUT2D eigenvalue weighted by Gasteiger charge is 2.29. The SMILES string of the molecule is CCOC(=O)C1CCCCN1CCOc1ccccc1[N+](=O)[O-]. The molecule has 0 aromatic heterocycles. The first-order chi connectivity index (χ1) is 11.1. The quantitative estimate of drug-likeness (QED) is 0.435. The second kappa shape index (κ2) is 8.47. The molecule has 126 valence electrons. The fourth-order valence-corrected chi connectivity index (χ4v) is 2.77. The second-order valence-corrected chi connectivity index (χ2v) is 5.37. The molecule has 1 heterocycles. The molecule has 1 aromatic carbocycles. The zero-order chi connectivity index (χ0) is 16.7. The predicted molar refractivity (Wildman–Crippen MR) is 84.4 cm³/mol. The standard InChI is InChI=1S/C16H22N2O5/c1-2-22-16(19)14-8-5-6-10-17(14)11-12-23-15-9-4-3-7-13(15)18(20)21/h3-4,7,9,14H,2,5-6,8,10-12H2,1H3. The molecule has 1 unspecified atom stereocenters. The smallest absolute Gasteiger partial charge is 0.323 e. The molecule has 0 bridgehead atoms. The summed E-state index contributed by atoms with van der Waals surface area (Å²) in [6, 6.07) is 6.06. The lowest BCUT2D eigenvalue weighted by Crippen LogP contribution is -2.47. The molecule has 0 spiro atoms. The van der Waals surface area contributed by atoms with Gasteiger partial charge in [0, 0.05) is 12.6 Å². The van der Waals surface area contributed by atoms with Gasteiger partial charge in [-0.25, -0.2) is 0 Å². The van der Waals surface area contributed by atoms with Crippen LogP contribution in [0.4, 0.5) is 5.69 Å². The lowest BCUT2D eigenvalue weighted by molar-refractivity contribution is -0.385. The van der Waals surface area contributed by atoms with Gasteiger partial charge in [0.25, 0.3) is 0 Å². The molecule has 2 rings (SSSR count). The molecule has 7 nitrogen and oxygen atoms in total. The van der Waals surface area contributed by atoms with Gasteiger partial charge in [0.15, 0.2) is 5.75 Å². The summed E-state index contributed by atoms with van der Waals surface area (Å²) in [6.07, 6.45) is 2.82. The predicted octanol–water partition coefficient (Wildman–Crippen LogP) is 2.39. The molecule has 0 aliphatic carbocycles. The number of rotatable bonds is 7. The zero-order valence-corrected chi connectivity index (χ0v) is 13.3. The van der Waals surface area contributed by atoms with Crippen LogP contribution < -0.4 is 4.74 Å². The van der Waals surface area contributed by atoms with E-state index >= 15 is 0 Å². The molecular formula is C16H22N2O5. The van der Waals surface area contributed by atoms with E-state index in [1.165, 1.54) is 6.07 Å². The first kappa shape index (κ1) is 17.2. The fourth-order valence-electron chi connectivity index (χ4n) is 2.77. The van der Waals surface area contributed by atoms with Crippen molar-refractivity contribution >= 4 is 11.7 Å². The molecule has 0 N–H and O–H groups in total. The molecule has 1 aromatic rings. The highest BCUT2D eigenvalue weighted by molar-refractivity contribution is 5.75. The highest BCUT2D eigenvalue weighted by atomic mass is 16.6. The minimum Gasteiger partial charge on any atom is -0.485 e. The van der Waals surface area contributed by atoms with Crippen LogP contribution in [0.3, 0.4) is 0 Å². The largest absolute Gasteiger partial charge is 0.485 e. The van der Waals surface area contributed by atoms with Crippen molar-refractivity contribution in [3.8, 4) is 5.75 Å². The number of hydrogen-bond donors (Lipinski definition) is 0.